The second kappa shape index (κ2) is 8.66. The molecule has 0 aliphatic carbocycles. The Kier molecular flexibility index (Phi) is 7.21. The van der Waals surface area contributed by atoms with E-state index in [2.05, 4.69) is 74.5 Å². The summed E-state index contributed by atoms with van der Waals surface area (Å²) in [5.74, 6) is 0.634. The summed E-state index contributed by atoms with van der Waals surface area (Å²) in [7, 11) is 0. The number of rotatable bonds is 5. The Morgan fingerprint density at radius 2 is 1.48 bits per heavy atom. The average molecular weight is 302 g/mol. The number of hydrogen-bond donors (Lipinski definition) is 1. The summed E-state index contributed by atoms with van der Waals surface area (Å²) in [6.45, 7) is 4.39. The Labute approximate surface area is 134 Å². The molecule has 2 N–H and O–H groups in total. The van der Waals surface area contributed by atoms with Crippen LogP contribution in [-0.2, 0) is 0 Å². The molecule has 0 saturated heterocycles. The van der Waals surface area contributed by atoms with Crippen molar-refractivity contribution in [3.63, 3.8) is 0 Å². The predicted octanol–water partition coefficient (Wildman–Crippen LogP) is 5.16. The summed E-state index contributed by atoms with van der Waals surface area (Å²) in [5, 5.41) is 0. The van der Waals surface area contributed by atoms with Crippen LogP contribution in [0.1, 0.15) is 25.8 Å². The second-order valence-corrected chi connectivity index (χ2v) is 5.64. The first-order chi connectivity index (χ1) is 9.65. The van der Waals surface area contributed by atoms with E-state index in [4.69, 9.17) is 5.73 Å². The van der Waals surface area contributed by atoms with Crippen LogP contribution in [0.4, 0.5) is 0 Å². The maximum Gasteiger partial charge on any atom is 0.0229 e. The Bertz CT molecular complexity index is 544. The molecule has 21 heavy (non-hydrogen) atoms. The summed E-state index contributed by atoms with van der Waals surface area (Å²) in [6, 6.07) is 19.2. The first-order valence-electron chi connectivity index (χ1n) is 7.24. The van der Waals surface area contributed by atoms with E-state index in [1.807, 2.05) is 6.07 Å². The van der Waals surface area contributed by atoms with E-state index in [1.54, 1.807) is 0 Å². The first kappa shape index (κ1) is 17.5. The van der Waals surface area contributed by atoms with Crippen LogP contribution in [-0.4, -0.2) is 6.04 Å². The topological polar surface area (TPSA) is 26.0 Å². The highest BCUT2D eigenvalue weighted by Gasteiger charge is 2.01. The van der Waals surface area contributed by atoms with Crippen LogP contribution in [0.15, 0.2) is 60.7 Å². The molecule has 2 heteroatoms. The highest BCUT2D eigenvalue weighted by Crippen LogP contribution is 2.19. The van der Waals surface area contributed by atoms with Crippen molar-refractivity contribution < 1.29 is 0 Å². The zero-order valence-corrected chi connectivity index (χ0v) is 13.5. The normalized spacial score (nSPS) is 12.4. The molecule has 0 aromatic heterocycles. The van der Waals surface area contributed by atoms with Gasteiger partial charge in [-0.2, -0.15) is 0 Å². The molecule has 0 amide bonds. The Hall–Kier alpha value is -1.57. The van der Waals surface area contributed by atoms with Gasteiger partial charge in [-0.25, -0.2) is 0 Å². The average Bonchev–Trinajstić information content (AvgIpc) is 2.46. The van der Waals surface area contributed by atoms with Gasteiger partial charge in [0.15, 0.2) is 0 Å². The monoisotopic (exact) mass is 301 g/mol. The van der Waals surface area contributed by atoms with Crippen molar-refractivity contribution >= 4 is 18.5 Å². The van der Waals surface area contributed by atoms with Gasteiger partial charge >= 0.3 is 0 Å². The minimum Gasteiger partial charge on any atom is -0.324 e. The van der Waals surface area contributed by atoms with Crippen LogP contribution in [0.5, 0.6) is 0 Å². The molecule has 2 rings (SSSR count). The van der Waals surface area contributed by atoms with Crippen molar-refractivity contribution in [2.75, 3.05) is 0 Å². The third-order valence-electron chi connectivity index (χ3n) is 3.30. The number of nitrogens with two attached hydrogens (primary N) is 1. The molecule has 0 spiro atoms. The molecule has 2 aromatic rings. The molecule has 0 saturated carbocycles. The van der Waals surface area contributed by atoms with Gasteiger partial charge in [-0.3, -0.25) is 0 Å². The molecule has 0 fully saturated rings. The zero-order valence-electron chi connectivity index (χ0n) is 12.7. The van der Waals surface area contributed by atoms with Gasteiger partial charge in [0.2, 0.25) is 0 Å². The molecule has 1 atom stereocenters. The molecule has 1 nitrogen and oxygen atoms in total. The van der Waals surface area contributed by atoms with E-state index in [-0.39, 0.29) is 18.4 Å². The summed E-state index contributed by atoms with van der Waals surface area (Å²) in [5.41, 5.74) is 9.75. The maximum atomic E-state index is 6.06. The van der Waals surface area contributed by atoms with E-state index in [0.29, 0.717) is 5.92 Å². The number of halogens is 1. The van der Waals surface area contributed by atoms with Crippen LogP contribution in [0.25, 0.3) is 17.2 Å². The summed E-state index contributed by atoms with van der Waals surface area (Å²) in [4.78, 5) is 0. The molecule has 0 aliphatic rings. The van der Waals surface area contributed by atoms with E-state index in [0.717, 1.165) is 6.42 Å². The number of benzene rings is 2. The van der Waals surface area contributed by atoms with Crippen molar-refractivity contribution in [3.8, 4) is 11.1 Å². The molecule has 2 aromatic carbocycles. The lowest BCUT2D eigenvalue weighted by Gasteiger charge is -2.09. The van der Waals surface area contributed by atoms with Crippen LogP contribution in [0, 0.1) is 5.92 Å². The maximum absolute atomic E-state index is 6.06. The van der Waals surface area contributed by atoms with Crippen LogP contribution in [0.3, 0.4) is 0 Å². The third-order valence-corrected chi connectivity index (χ3v) is 3.30. The lowest BCUT2D eigenvalue weighted by molar-refractivity contribution is 0.547. The Morgan fingerprint density at radius 3 is 2.05 bits per heavy atom. The van der Waals surface area contributed by atoms with E-state index in [9.17, 15) is 0 Å². The van der Waals surface area contributed by atoms with Crippen molar-refractivity contribution in [1.82, 2.24) is 0 Å². The third kappa shape index (κ3) is 5.74. The molecule has 0 aliphatic heterocycles. The van der Waals surface area contributed by atoms with Crippen molar-refractivity contribution in [2.24, 2.45) is 11.7 Å². The fourth-order valence-electron chi connectivity index (χ4n) is 2.27. The molecule has 0 unspecified atom stereocenters. The van der Waals surface area contributed by atoms with Crippen molar-refractivity contribution in [2.45, 2.75) is 26.3 Å². The molecule has 0 bridgehead atoms. The minimum absolute atomic E-state index is 0. The van der Waals surface area contributed by atoms with Gasteiger partial charge in [0.25, 0.3) is 0 Å². The smallest absolute Gasteiger partial charge is 0.0229 e. The largest absolute Gasteiger partial charge is 0.324 e. The SMILES string of the molecule is CC(C)C[C@H](N)C=Cc1ccc(-c2ccccc2)cc1.Cl. The first-order valence-corrected chi connectivity index (χ1v) is 7.24. The van der Waals surface area contributed by atoms with E-state index in [1.165, 1.54) is 16.7 Å². The van der Waals surface area contributed by atoms with Gasteiger partial charge in [0, 0.05) is 6.04 Å². The summed E-state index contributed by atoms with van der Waals surface area (Å²) >= 11 is 0. The van der Waals surface area contributed by atoms with Gasteiger partial charge in [0.1, 0.15) is 0 Å². The fraction of sp³-hybridized carbons (Fsp3) is 0.263. The summed E-state index contributed by atoms with van der Waals surface area (Å²) in [6.07, 6.45) is 5.23. The van der Waals surface area contributed by atoms with Gasteiger partial charge < -0.3 is 5.73 Å². The van der Waals surface area contributed by atoms with E-state index < -0.39 is 0 Å². The molecule has 112 valence electrons. The predicted molar refractivity (Wildman–Crippen MR) is 95.6 cm³/mol. The van der Waals surface area contributed by atoms with Gasteiger partial charge in [-0.15, -0.1) is 12.4 Å². The van der Waals surface area contributed by atoms with Crippen molar-refractivity contribution in [1.29, 1.82) is 0 Å². The van der Waals surface area contributed by atoms with Gasteiger partial charge in [-0.05, 0) is 29.0 Å². The molecular formula is C19H24ClN. The molecule has 0 radical (unpaired) electrons. The van der Waals surface area contributed by atoms with Crippen LogP contribution >= 0.6 is 12.4 Å². The van der Waals surface area contributed by atoms with Gasteiger partial charge in [-0.1, -0.05) is 80.6 Å². The molecule has 0 heterocycles. The van der Waals surface area contributed by atoms with Crippen molar-refractivity contribution in [3.05, 3.63) is 66.2 Å². The van der Waals surface area contributed by atoms with Gasteiger partial charge in [0.05, 0.1) is 0 Å². The lowest BCUT2D eigenvalue weighted by Crippen LogP contribution is -2.18. The standard InChI is InChI=1S/C19H23N.ClH/c1-15(2)14-19(20)13-10-16-8-11-18(12-9-16)17-6-4-3-5-7-17;/h3-13,15,19H,14,20H2,1-2H3;1H/t19-;/m1./s1. The second-order valence-electron chi connectivity index (χ2n) is 5.64. The zero-order chi connectivity index (χ0) is 14.4. The van der Waals surface area contributed by atoms with Crippen LogP contribution < -0.4 is 5.73 Å². The summed E-state index contributed by atoms with van der Waals surface area (Å²) < 4.78 is 0. The molecular weight excluding hydrogens is 278 g/mol. The van der Waals surface area contributed by atoms with Crippen LogP contribution in [0.2, 0.25) is 0 Å². The number of hydrogen-bond acceptors (Lipinski definition) is 1. The minimum atomic E-state index is 0. The highest BCUT2D eigenvalue weighted by molar-refractivity contribution is 5.85. The quantitative estimate of drug-likeness (QED) is 0.811. The Balaban J connectivity index is 0.00000220. The Morgan fingerprint density at radius 1 is 0.905 bits per heavy atom. The van der Waals surface area contributed by atoms with E-state index >= 15 is 0 Å². The highest BCUT2D eigenvalue weighted by atomic mass is 35.5. The lowest BCUT2D eigenvalue weighted by atomic mass is 10.0. The fourth-order valence-corrected chi connectivity index (χ4v) is 2.27.